The van der Waals surface area contributed by atoms with Gasteiger partial charge in [-0.05, 0) is 30.5 Å². The number of carboxylic acid groups (broad SMARTS) is 1. The molecule has 102 valence electrons. The molecule has 1 unspecified atom stereocenters. The number of hydrogen-bond donors (Lipinski definition) is 2. The van der Waals surface area contributed by atoms with Crippen molar-refractivity contribution in [3.8, 4) is 5.75 Å². The van der Waals surface area contributed by atoms with Crippen molar-refractivity contribution in [1.29, 1.82) is 0 Å². The molecule has 0 aliphatic rings. The van der Waals surface area contributed by atoms with Crippen molar-refractivity contribution in [3.05, 3.63) is 48.1 Å². The molecule has 0 radical (unpaired) electrons. The molecule has 0 amide bonds. The molecule has 0 aromatic heterocycles. The second-order valence-corrected chi connectivity index (χ2v) is 4.08. The summed E-state index contributed by atoms with van der Waals surface area (Å²) in [6, 6.07) is 4.92. The van der Waals surface area contributed by atoms with Crippen LogP contribution in [-0.4, -0.2) is 29.4 Å². The van der Waals surface area contributed by atoms with Gasteiger partial charge in [0.05, 0.1) is 13.2 Å². The van der Waals surface area contributed by atoms with E-state index in [9.17, 15) is 9.90 Å². The first kappa shape index (κ1) is 15.0. The van der Waals surface area contributed by atoms with Gasteiger partial charge in [-0.25, -0.2) is 4.79 Å². The molecular formula is C15H18O4. The number of hydrogen-bond acceptors (Lipinski definition) is 3. The molecule has 0 fully saturated rings. The minimum atomic E-state index is -1.03. The molecule has 0 spiro atoms. The van der Waals surface area contributed by atoms with Crippen molar-refractivity contribution in [1.82, 2.24) is 0 Å². The third kappa shape index (κ3) is 4.60. The zero-order valence-corrected chi connectivity index (χ0v) is 10.9. The molecule has 0 bridgehead atoms. The van der Waals surface area contributed by atoms with Crippen LogP contribution in [-0.2, 0) is 0 Å². The van der Waals surface area contributed by atoms with Crippen LogP contribution >= 0.6 is 0 Å². The lowest BCUT2D eigenvalue weighted by atomic mass is 10.1. The number of rotatable bonds is 7. The zero-order valence-electron chi connectivity index (χ0n) is 10.9. The average Bonchev–Trinajstić information content (AvgIpc) is 2.38. The average molecular weight is 262 g/mol. The first-order chi connectivity index (χ1) is 9.08. The molecule has 4 heteroatoms. The van der Waals surface area contributed by atoms with E-state index < -0.39 is 12.1 Å². The van der Waals surface area contributed by atoms with Crippen molar-refractivity contribution in [2.24, 2.45) is 0 Å². The summed E-state index contributed by atoms with van der Waals surface area (Å²) in [4.78, 5) is 11.0. The van der Waals surface area contributed by atoms with Crippen molar-refractivity contribution in [2.45, 2.75) is 18.9 Å². The molecule has 1 rings (SSSR count). The van der Waals surface area contributed by atoms with Crippen LogP contribution in [0.3, 0.4) is 0 Å². The van der Waals surface area contributed by atoms with Gasteiger partial charge in [-0.1, -0.05) is 24.3 Å². The highest BCUT2D eigenvalue weighted by atomic mass is 16.5. The van der Waals surface area contributed by atoms with E-state index in [0.29, 0.717) is 18.6 Å². The van der Waals surface area contributed by atoms with Gasteiger partial charge < -0.3 is 14.9 Å². The summed E-state index contributed by atoms with van der Waals surface area (Å²) in [5, 5.41) is 18.6. The fourth-order valence-electron chi connectivity index (χ4n) is 1.65. The van der Waals surface area contributed by atoms with Gasteiger partial charge in [-0.3, -0.25) is 0 Å². The summed E-state index contributed by atoms with van der Waals surface area (Å²) >= 11 is 0. The predicted octanol–water partition coefficient (Wildman–Crippen LogP) is 2.73. The molecule has 0 aliphatic carbocycles. The van der Waals surface area contributed by atoms with Crippen LogP contribution in [0.4, 0.5) is 0 Å². The first-order valence-corrected chi connectivity index (χ1v) is 5.95. The number of benzene rings is 1. The van der Waals surface area contributed by atoms with Gasteiger partial charge in [0.2, 0.25) is 0 Å². The van der Waals surface area contributed by atoms with Crippen molar-refractivity contribution >= 4 is 12.0 Å². The smallest absolute Gasteiger partial charge is 0.339 e. The maximum atomic E-state index is 11.0. The molecule has 1 aromatic rings. The molecule has 1 atom stereocenters. The Balaban J connectivity index is 2.79. The van der Waals surface area contributed by atoms with Gasteiger partial charge in [-0.2, -0.15) is 0 Å². The predicted molar refractivity (Wildman–Crippen MR) is 74.4 cm³/mol. The fraction of sp³-hybridized carbons (Fsp3) is 0.267. The van der Waals surface area contributed by atoms with Gasteiger partial charge in [0.25, 0.3) is 0 Å². The summed E-state index contributed by atoms with van der Waals surface area (Å²) in [6.07, 6.45) is 5.83. The zero-order chi connectivity index (χ0) is 14.3. The van der Waals surface area contributed by atoms with Gasteiger partial charge in [0.15, 0.2) is 0 Å². The van der Waals surface area contributed by atoms with Crippen LogP contribution in [0, 0.1) is 0 Å². The number of aliphatic hydroxyl groups is 1. The van der Waals surface area contributed by atoms with Crippen LogP contribution < -0.4 is 4.74 Å². The standard InChI is InChI=1S/C15H18O4/c1-3-5-12(16)7-4-6-11-8-9-14(19-2)13(10-11)15(17)18/h3-4,6,8-10,12,16H,1,5,7H2,2H3,(H,17,18)/b6-4+. The quantitative estimate of drug-likeness (QED) is 0.741. The van der Waals surface area contributed by atoms with E-state index in [1.54, 1.807) is 24.3 Å². The van der Waals surface area contributed by atoms with E-state index in [0.717, 1.165) is 5.56 Å². The highest BCUT2D eigenvalue weighted by Crippen LogP contribution is 2.20. The van der Waals surface area contributed by atoms with Crippen molar-refractivity contribution in [2.75, 3.05) is 7.11 Å². The maximum absolute atomic E-state index is 11.0. The van der Waals surface area contributed by atoms with Gasteiger partial charge in [-0.15, -0.1) is 6.58 Å². The number of carboxylic acids is 1. The second kappa shape index (κ2) is 7.38. The Bertz CT molecular complexity index is 477. The highest BCUT2D eigenvalue weighted by Gasteiger charge is 2.10. The second-order valence-electron chi connectivity index (χ2n) is 4.08. The van der Waals surface area contributed by atoms with Crippen LogP contribution in [0.5, 0.6) is 5.75 Å². The lowest BCUT2D eigenvalue weighted by molar-refractivity contribution is 0.0693. The molecule has 0 heterocycles. The first-order valence-electron chi connectivity index (χ1n) is 5.95. The normalized spacial score (nSPS) is 12.3. The molecule has 0 saturated heterocycles. The fourth-order valence-corrected chi connectivity index (χ4v) is 1.65. The molecule has 19 heavy (non-hydrogen) atoms. The van der Waals surface area contributed by atoms with Crippen LogP contribution in [0.2, 0.25) is 0 Å². The Morgan fingerprint density at radius 1 is 1.47 bits per heavy atom. The summed E-state index contributed by atoms with van der Waals surface area (Å²) < 4.78 is 4.98. The van der Waals surface area contributed by atoms with Crippen molar-refractivity contribution in [3.63, 3.8) is 0 Å². The number of methoxy groups -OCH3 is 1. The monoisotopic (exact) mass is 262 g/mol. The lowest BCUT2D eigenvalue weighted by Crippen LogP contribution is -2.02. The van der Waals surface area contributed by atoms with E-state index in [4.69, 9.17) is 9.84 Å². The minimum Gasteiger partial charge on any atom is -0.496 e. The molecule has 1 aromatic carbocycles. The number of ether oxygens (including phenoxy) is 1. The van der Waals surface area contributed by atoms with Gasteiger partial charge in [0, 0.05) is 0 Å². The summed E-state index contributed by atoms with van der Waals surface area (Å²) in [5.41, 5.74) is 0.875. The topological polar surface area (TPSA) is 66.8 Å². The van der Waals surface area contributed by atoms with E-state index in [2.05, 4.69) is 6.58 Å². The largest absolute Gasteiger partial charge is 0.496 e. The number of carbonyl (C=O) groups is 1. The number of aliphatic hydroxyl groups excluding tert-OH is 1. The van der Waals surface area contributed by atoms with Crippen LogP contribution in [0.15, 0.2) is 36.9 Å². The van der Waals surface area contributed by atoms with E-state index in [1.807, 2.05) is 6.08 Å². The van der Waals surface area contributed by atoms with Crippen LogP contribution in [0.1, 0.15) is 28.8 Å². The third-order valence-corrected chi connectivity index (χ3v) is 2.61. The Labute approximate surface area is 112 Å². The SMILES string of the molecule is C=CCC(O)C/C=C/c1ccc(OC)c(C(=O)O)c1. The molecule has 4 nitrogen and oxygen atoms in total. The van der Waals surface area contributed by atoms with E-state index >= 15 is 0 Å². The van der Waals surface area contributed by atoms with Crippen LogP contribution in [0.25, 0.3) is 6.08 Å². The minimum absolute atomic E-state index is 0.122. The third-order valence-electron chi connectivity index (χ3n) is 2.61. The van der Waals surface area contributed by atoms with Gasteiger partial charge >= 0.3 is 5.97 Å². The molecular weight excluding hydrogens is 244 g/mol. The summed E-state index contributed by atoms with van der Waals surface area (Å²) in [7, 11) is 1.43. The molecule has 0 saturated carbocycles. The Morgan fingerprint density at radius 2 is 2.21 bits per heavy atom. The van der Waals surface area contributed by atoms with E-state index in [-0.39, 0.29) is 5.56 Å². The summed E-state index contributed by atoms with van der Waals surface area (Å²) in [5.74, 6) is -0.699. The van der Waals surface area contributed by atoms with Crippen molar-refractivity contribution < 1.29 is 19.7 Å². The summed E-state index contributed by atoms with van der Waals surface area (Å²) in [6.45, 7) is 3.55. The Morgan fingerprint density at radius 3 is 2.79 bits per heavy atom. The van der Waals surface area contributed by atoms with Gasteiger partial charge in [0.1, 0.15) is 11.3 Å². The molecule has 2 N–H and O–H groups in total. The Kier molecular flexibility index (Phi) is 5.82. The maximum Gasteiger partial charge on any atom is 0.339 e. The van der Waals surface area contributed by atoms with E-state index in [1.165, 1.54) is 13.2 Å². The number of aromatic carboxylic acids is 1. The Hall–Kier alpha value is -2.07. The molecule has 0 aliphatic heterocycles. The highest BCUT2D eigenvalue weighted by molar-refractivity contribution is 5.91. The lowest BCUT2D eigenvalue weighted by Gasteiger charge is -2.06.